The minimum Gasteiger partial charge on any atom is -0.461 e. The van der Waals surface area contributed by atoms with Crippen molar-refractivity contribution in [2.45, 2.75) is 19.9 Å². The minimum atomic E-state index is -1.11. The number of nitrogens with one attached hydrogen (secondary N) is 1. The van der Waals surface area contributed by atoms with Crippen molar-refractivity contribution in [1.29, 1.82) is 0 Å². The molecule has 0 aliphatic carbocycles. The first-order valence-electron chi connectivity index (χ1n) is 7.50. The Morgan fingerprint density at radius 2 is 2.12 bits per heavy atom. The van der Waals surface area contributed by atoms with Crippen LogP contribution >= 0.6 is 0 Å². The van der Waals surface area contributed by atoms with Gasteiger partial charge in [-0.3, -0.25) is 25.1 Å². The van der Waals surface area contributed by atoms with Gasteiger partial charge in [0.15, 0.2) is 5.71 Å². The molecule has 0 spiro atoms. The molecule has 0 radical (unpaired) electrons. The van der Waals surface area contributed by atoms with E-state index in [1.165, 1.54) is 12.1 Å². The standard InChI is InChI=1S/C15H14N4O6/c1-3-25-15(22)12-10-11(16-17-12)14(21)18(13(10)20)9-6-8(19(23)24)5-4-7(9)2/h4-6,10-11,16H,3H2,1-2H3/t10-,11+/m1/s1. The van der Waals surface area contributed by atoms with Gasteiger partial charge in [0.25, 0.3) is 11.6 Å². The van der Waals surface area contributed by atoms with Crippen LogP contribution in [0.4, 0.5) is 11.4 Å². The van der Waals surface area contributed by atoms with Gasteiger partial charge in [-0.2, -0.15) is 5.10 Å². The van der Waals surface area contributed by atoms with Crippen molar-refractivity contribution in [3.63, 3.8) is 0 Å². The first-order chi connectivity index (χ1) is 11.9. The molecule has 2 aliphatic rings. The van der Waals surface area contributed by atoms with Crippen LogP contribution < -0.4 is 10.3 Å². The molecule has 10 heteroatoms. The van der Waals surface area contributed by atoms with E-state index < -0.39 is 34.7 Å². The van der Waals surface area contributed by atoms with Gasteiger partial charge in [-0.15, -0.1) is 0 Å². The van der Waals surface area contributed by atoms with Crippen LogP contribution in [-0.4, -0.2) is 41.1 Å². The van der Waals surface area contributed by atoms with Crippen LogP contribution in [0.3, 0.4) is 0 Å². The number of imide groups is 1. The lowest BCUT2D eigenvalue weighted by molar-refractivity contribution is -0.384. The summed E-state index contributed by atoms with van der Waals surface area (Å²) in [5.74, 6) is -3.18. The smallest absolute Gasteiger partial charge is 0.355 e. The van der Waals surface area contributed by atoms with E-state index in [0.717, 1.165) is 11.0 Å². The molecular weight excluding hydrogens is 332 g/mol. The number of hydrazone groups is 1. The predicted molar refractivity (Wildman–Crippen MR) is 84.8 cm³/mol. The van der Waals surface area contributed by atoms with Crippen LogP contribution in [-0.2, 0) is 19.1 Å². The van der Waals surface area contributed by atoms with Gasteiger partial charge < -0.3 is 4.74 Å². The lowest BCUT2D eigenvalue weighted by atomic mass is 9.99. The fourth-order valence-corrected chi connectivity index (χ4v) is 2.85. The van der Waals surface area contributed by atoms with E-state index in [1.807, 2.05) is 0 Å². The average Bonchev–Trinajstić information content (AvgIpc) is 3.10. The average molecular weight is 346 g/mol. The molecule has 1 fully saturated rings. The number of ether oxygens (including phenoxy) is 1. The molecule has 1 aromatic carbocycles. The summed E-state index contributed by atoms with van der Waals surface area (Å²) in [7, 11) is 0. The summed E-state index contributed by atoms with van der Waals surface area (Å²) >= 11 is 0. The fourth-order valence-electron chi connectivity index (χ4n) is 2.85. The molecule has 2 heterocycles. The third kappa shape index (κ3) is 2.51. The molecule has 130 valence electrons. The number of amides is 2. The number of carbonyl (C=O) groups excluding carboxylic acids is 3. The highest BCUT2D eigenvalue weighted by Gasteiger charge is 2.56. The maximum atomic E-state index is 12.8. The summed E-state index contributed by atoms with van der Waals surface area (Å²) < 4.78 is 4.85. The number of nitrogens with zero attached hydrogens (tertiary/aromatic N) is 3. The van der Waals surface area contributed by atoms with E-state index in [9.17, 15) is 24.5 Å². The van der Waals surface area contributed by atoms with Crippen molar-refractivity contribution in [2.75, 3.05) is 11.5 Å². The van der Waals surface area contributed by atoms with Gasteiger partial charge in [-0.05, 0) is 19.4 Å². The maximum Gasteiger partial charge on any atom is 0.355 e. The van der Waals surface area contributed by atoms with E-state index in [1.54, 1.807) is 13.8 Å². The van der Waals surface area contributed by atoms with Crippen LogP contribution in [0.15, 0.2) is 23.3 Å². The Morgan fingerprint density at radius 3 is 2.76 bits per heavy atom. The number of fused-ring (bicyclic) bond motifs is 1. The summed E-state index contributed by atoms with van der Waals surface area (Å²) in [5, 5.41) is 14.7. The first kappa shape index (κ1) is 16.6. The number of nitro groups is 1. The van der Waals surface area contributed by atoms with Gasteiger partial charge in [-0.25, -0.2) is 9.69 Å². The number of hydrogen-bond acceptors (Lipinski definition) is 8. The molecule has 25 heavy (non-hydrogen) atoms. The number of nitro benzene ring substituents is 1. The highest BCUT2D eigenvalue weighted by molar-refractivity contribution is 6.46. The zero-order chi connectivity index (χ0) is 18.3. The Morgan fingerprint density at radius 1 is 1.40 bits per heavy atom. The molecule has 0 bridgehead atoms. The molecule has 1 N–H and O–H groups in total. The Balaban J connectivity index is 1.99. The molecule has 1 saturated heterocycles. The second-order valence-corrected chi connectivity index (χ2v) is 5.54. The van der Waals surface area contributed by atoms with Crippen LogP contribution in [0.25, 0.3) is 0 Å². The molecule has 10 nitrogen and oxygen atoms in total. The number of hydrogen-bond donors (Lipinski definition) is 1. The summed E-state index contributed by atoms with van der Waals surface area (Å²) in [6, 6.07) is 2.88. The second-order valence-electron chi connectivity index (χ2n) is 5.54. The second kappa shape index (κ2) is 5.96. The number of non-ortho nitro benzene ring substituents is 1. The zero-order valence-corrected chi connectivity index (χ0v) is 13.4. The minimum absolute atomic E-state index is 0.102. The first-order valence-corrected chi connectivity index (χ1v) is 7.50. The quantitative estimate of drug-likeness (QED) is 0.358. The molecular formula is C15H14N4O6. The van der Waals surface area contributed by atoms with Crippen molar-refractivity contribution >= 4 is 34.9 Å². The van der Waals surface area contributed by atoms with Gasteiger partial charge in [0, 0.05) is 12.1 Å². The molecule has 0 unspecified atom stereocenters. The lowest BCUT2D eigenvalue weighted by Crippen LogP contribution is -2.36. The van der Waals surface area contributed by atoms with Crippen molar-refractivity contribution in [2.24, 2.45) is 11.0 Å². The molecule has 0 saturated carbocycles. The molecule has 3 rings (SSSR count). The predicted octanol–water partition coefficient (Wildman–Crippen LogP) is 0.284. The van der Waals surface area contributed by atoms with E-state index in [4.69, 9.17) is 4.74 Å². The molecule has 0 aromatic heterocycles. The highest BCUT2D eigenvalue weighted by Crippen LogP contribution is 2.34. The van der Waals surface area contributed by atoms with Gasteiger partial charge >= 0.3 is 5.97 Å². The summed E-state index contributed by atoms with van der Waals surface area (Å²) in [5.41, 5.74) is 2.70. The number of benzene rings is 1. The van der Waals surface area contributed by atoms with Gasteiger partial charge in [-0.1, -0.05) is 6.07 Å². The van der Waals surface area contributed by atoms with Crippen molar-refractivity contribution in [1.82, 2.24) is 5.43 Å². The number of anilines is 1. The van der Waals surface area contributed by atoms with Gasteiger partial charge in [0.2, 0.25) is 5.91 Å². The largest absolute Gasteiger partial charge is 0.461 e. The monoisotopic (exact) mass is 346 g/mol. The third-order valence-corrected chi connectivity index (χ3v) is 4.05. The lowest BCUT2D eigenvalue weighted by Gasteiger charge is -2.17. The van der Waals surface area contributed by atoms with Crippen molar-refractivity contribution in [3.8, 4) is 0 Å². The number of rotatable bonds is 4. The summed E-state index contributed by atoms with van der Waals surface area (Å²) in [6.45, 7) is 3.34. The zero-order valence-electron chi connectivity index (χ0n) is 13.4. The molecule has 2 aliphatic heterocycles. The van der Waals surface area contributed by atoms with Gasteiger partial charge in [0.05, 0.1) is 17.2 Å². The molecule has 2 amide bonds. The SMILES string of the molecule is CCOC(=O)C1=NN[C@@H]2C(=O)N(c3cc([N+](=O)[O-])ccc3C)C(=O)[C@@H]12. The Kier molecular flexibility index (Phi) is 3.95. The van der Waals surface area contributed by atoms with E-state index >= 15 is 0 Å². The molecule has 2 atom stereocenters. The topological polar surface area (TPSA) is 131 Å². The summed E-state index contributed by atoms with van der Waals surface area (Å²) in [4.78, 5) is 48.5. The van der Waals surface area contributed by atoms with Crippen LogP contribution in [0.5, 0.6) is 0 Å². The Hall–Kier alpha value is -3.30. The maximum absolute atomic E-state index is 12.8. The Bertz CT molecular complexity index is 833. The van der Waals surface area contributed by atoms with Gasteiger partial charge in [0.1, 0.15) is 12.0 Å². The number of aryl methyl sites for hydroxylation is 1. The summed E-state index contributed by atoms with van der Waals surface area (Å²) in [6.07, 6.45) is 0. The van der Waals surface area contributed by atoms with E-state index in [0.29, 0.717) is 5.56 Å². The Labute approximate surface area is 141 Å². The number of esters is 1. The van der Waals surface area contributed by atoms with Crippen molar-refractivity contribution < 1.29 is 24.0 Å². The van der Waals surface area contributed by atoms with Crippen molar-refractivity contribution in [3.05, 3.63) is 33.9 Å². The van der Waals surface area contributed by atoms with E-state index in [2.05, 4.69) is 10.5 Å². The normalized spacial score (nSPS) is 21.7. The fraction of sp³-hybridized carbons (Fsp3) is 0.333. The highest BCUT2D eigenvalue weighted by atomic mass is 16.6. The van der Waals surface area contributed by atoms with Crippen LogP contribution in [0, 0.1) is 23.0 Å². The van der Waals surface area contributed by atoms with E-state index in [-0.39, 0.29) is 23.7 Å². The molecule has 1 aromatic rings. The third-order valence-electron chi connectivity index (χ3n) is 4.05. The van der Waals surface area contributed by atoms with Crippen LogP contribution in [0.2, 0.25) is 0 Å². The van der Waals surface area contributed by atoms with Crippen LogP contribution in [0.1, 0.15) is 12.5 Å². The number of carbonyl (C=O) groups is 3.